The van der Waals surface area contributed by atoms with Crippen LogP contribution in [0.1, 0.15) is 33.6 Å². The Bertz CT molecular complexity index is 143. The van der Waals surface area contributed by atoms with Crippen LogP contribution in [0.2, 0.25) is 0 Å². The third-order valence-corrected chi connectivity index (χ3v) is 1.43. The summed E-state index contributed by atoms with van der Waals surface area (Å²) in [6.45, 7) is 6.44. The van der Waals surface area contributed by atoms with Crippen LogP contribution in [0.4, 0.5) is 0 Å². The normalized spacial score (nSPS) is 12.7. The predicted molar refractivity (Wildman–Crippen MR) is 46.7 cm³/mol. The summed E-state index contributed by atoms with van der Waals surface area (Å²) >= 11 is 0. The number of hydrogen-bond donors (Lipinski definition) is 0. The van der Waals surface area contributed by atoms with Crippen LogP contribution in [-0.4, -0.2) is 0 Å². The topological polar surface area (TPSA) is 0 Å². The average Bonchev–Trinajstić information content (AvgIpc) is 1.98. The minimum atomic E-state index is 0.672. The highest BCUT2D eigenvalue weighted by Crippen LogP contribution is 2.00. The van der Waals surface area contributed by atoms with Crippen molar-refractivity contribution in [1.29, 1.82) is 0 Å². The molecule has 0 aromatic rings. The van der Waals surface area contributed by atoms with Crippen molar-refractivity contribution in [3.8, 4) is 11.8 Å². The predicted octanol–water partition coefficient (Wildman–Crippen LogP) is 3.00. The molecule has 0 saturated carbocycles. The molecule has 0 bridgehead atoms. The van der Waals surface area contributed by atoms with E-state index in [1.807, 2.05) is 6.08 Å². The zero-order valence-corrected chi connectivity index (χ0v) is 7.15. The van der Waals surface area contributed by atoms with E-state index in [4.69, 9.17) is 0 Å². The maximum absolute atomic E-state index is 2.99. The van der Waals surface area contributed by atoms with E-state index >= 15 is 0 Å². The Morgan fingerprint density at radius 1 is 1.40 bits per heavy atom. The zero-order valence-electron chi connectivity index (χ0n) is 7.15. The van der Waals surface area contributed by atoms with Crippen LogP contribution in [0.25, 0.3) is 0 Å². The SMILES string of the molecule is CCC#C/C=C\C(C)CC. The van der Waals surface area contributed by atoms with Crippen molar-refractivity contribution in [2.24, 2.45) is 5.92 Å². The highest BCUT2D eigenvalue weighted by molar-refractivity contribution is 5.15. The first-order chi connectivity index (χ1) is 4.81. The Morgan fingerprint density at radius 2 is 2.10 bits per heavy atom. The molecule has 56 valence electrons. The van der Waals surface area contributed by atoms with Crippen molar-refractivity contribution in [1.82, 2.24) is 0 Å². The second-order valence-corrected chi connectivity index (χ2v) is 2.42. The third-order valence-electron chi connectivity index (χ3n) is 1.43. The maximum atomic E-state index is 2.99. The van der Waals surface area contributed by atoms with Gasteiger partial charge < -0.3 is 0 Å². The summed E-state index contributed by atoms with van der Waals surface area (Å²) in [4.78, 5) is 0. The Kier molecular flexibility index (Phi) is 5.97. The maximum Gasteiger partial charge on any atom is 0.00637 e. The van der Waals surface area contributed by atoms with Crippen LogP contribution in [0.5, 0.6) is 0 Å². The van der Waals surface area contributed by atoms with E-state index < -0.39 is 0 Å². The zero-order chi connectivity index (χ0) is 7.82. The Morgan fingerprint density at radius 3 is 2.60 bits per heavy atom. The van der Waals surface area contributed by atoms with Gasteiger partial charge in [0.1, 0.15) is 0 Å². The summed E-state index contributed by atoms with van der Waals surface area (Å²) in [5.41, 5.74) is 0. The Labute approximate surface area is 64.3 Å². The molecule has 0 aliphatic carbocycles. The van der Waals surface area contributed by atoms with Gasteiger partial charge in [-0.1, -0.05) is 45.1 Å². The molecule has 0 rings (SSSR count). The van der Waals surface area contributed by atoms with Crippen molar-refractivity contribution in [2.45, 2.75) is 33.6 Å². The molecule has 1 atom stereocenters. The third kappa shape index (κ3) is 5.44. The van der Waals surface area contributed by atoms with Crippen LogP contribution >= 0.6 is 0 Å². The largest absolute Gasteiger partial charge is 0.0988 e. The molecule has 0 saturated heterocycles. The van der Waals surface area contributed by atoms with Gasteiger partial charge >= 0.3 is 0 Å². The molecule has 10 heavy (non-hydrogen) atoms. The molecule has 0 N–H and O–H groups in total. The molecule has 0 aliphatic heterocycles. The summed E-state index contributed by atoms with van der Waals surface area (Å²) < 4.78 is 0. The van der Waals surface area contributed by atoms with Gasteiger partial charge in [0.25, 0.3) is 0 Å². The second-order valence-electron chi connectivity index (χ2n) is 2.42. The lowest BCUT2D eigenvalue weighted by molar-refractivity contribution is 0.698. The Balaban J connectivity index is 3.54. The first-order valence-corrected chi connectivity index (χ1v) is 3.96. The van der Waals surface area contributed by atoms with Crippen LogP contribution in [0, 0.1) is 17.8 Å². The van der Waals surface area contributed by atoms with Gasteiger partial charge in [0.2, 0.25) is 0 Å². The molecule has 0 aromatic heterocycles. The lowest BCUT2D eigenvalue weighted by atomic mass is 10.1. The van der Waals surface area contributed by atoms with Crippen molar-refractivity contribution in [3.05, 3.63) is 12.2 Å². The summed E-state index contributed by atoms with van der Waals surface area (Å²) in [5, 5.41) is 0. The molecule has 0 heteroatoms. The molecule has 0 aliphatic rings. The minimum absolute atomic E-state index is 0.672. The molecule has 0 nitrogen and oxygen atoms in total. The Hall–Kier alpha value is -0.700. The molecule has 0 amide bonds. The monoisotopic (exact) mass is 136 g/mol. The van der Waals surface area contributed by atoms with Gasteiger partial charge in [-0.05, 0) is 12.0 Å². The van der Waals surface area contributed by atoms with Crippen LogP contribution < -0.4 is 0 Å². The fourth-order valence-electron chi connectivity index (χ4n) is 0.509. The second kappa shape index (κ2) is 6.42. The van der Waals surface area contributed by atoms with Crippen LogP contribution in [-0.2, 0) is 0 Å². The van der Waals surface area contributed by atoms with Gasteiger partial charge in [0.15, 0.2) is 0 Å². The van der Waals surface area contributed by atoms with E-state index in [1.54, 1.807) is 0 Å². The smallest absolute Gasteiger partial charge is 0.00637 e. The van der Waals surface area contributed by atoms with Gasteiger partial charge in [-0.15, -0.1) is 0 Å². The molecular formula is C10H16. The first-order valence-electron chi connectivity index (χ1n) is 3.96. The van der Waals surface area contributed by atoms with E-state index in [9.17, 15) is 0 Å². The summed E-state index contributed by atoms with van der Waals surface area (Å²) in [7, 11) is 0. The van der Waals surface area contributed by atoms with Crippen LogP contribution in [0.15, 0.2) is 12.2 Å². The van der Waals surface area contributed by atoms with Gasteiger partial charge in [0, 0.05) is 6.42 Å². The lowest BCUT2D eigenvalue weighted by Crippen LogP contribution is -1.82. The number of hydrogen-bond acceptors (Lipinski definition) is 0. The molecule has 1 unspecified atom stereocenters. The fraction of sp³-hybridized carbons (Fsp3) is 0.600. The first kappa shape index (κ1) is 9.30. The highest BCUT2D eigenvalue weighted by Gasteiger charge is 1.87. The van der Waals surface area contributed by atoms with Crippen molar-refractivity contribution >= 4 is 0 Å². The van der Waals surface area contributed by atoms with Gasteiger partial charge in [-0.2, -0.15) is 0 Å². The van der Waals surface area contributed by atoms with Gasteiger partial charge in [-0.3, -0.25) is 0 Å². The average molecular weight is 136 g/mol. The fourth-order valence-corrected chi connectivity index (χ4v) is 0.509. The number of allylic oxidation sites excluding steroid dienone is 2. The van der Waals surface area contributed by atoms with E-state index in [0.717, 1.165) is 6.42 Å². The van der Waals surface area contributed by atoms with Crippen LogP contribution in [0.3, 0.4) is 0 Å². The van der Waals surface area contributed by atoms with Gasteiger partial charge in [0.05, 0.1) is 0 Å². The molecule has 0 heterocycles. The highest BCUT2D eigenvalue weighted by atomic mass is 13.9. The van der Waals surface area contributed by atoms with E-state index in [0.29, 0.717) is 5.92 Å². The van der Waals surface area contributed by atoms with E-state index in [2.05, 4.69) is 38.7 Å². The number of rotatable bonds is 2. The molecule has 0 spiro atoms. The summed E-state index contributed by atoms with van der Waals surface area (Å²) in [6, 6.07) is 0. The summed E-state index contributed by atoms with van der Waals surface area (Å²) in [5.74, 6) is 6.63. The van der Waals surface area contributed by atoms with E-state index in [1.165, 1.54) is 6.42 Å². The molecular weight excluding hydrogens is 120 g/mol. The lowest BCUT2D eigenvalue weighted by Gasteiger charge is -1.95. The summed E-state index contributed by atoms with van der Waals surface area (Å²) in [6.07, 6.45) is 6.26. The minimum Gasteiger partial charge on any atom is -0.0988 e. The van der Waals surface area contributed by atoms with Crippen molar-refractivity contribution < 1.29 is 0 Å². The van der Waals surface area contributed by atoms with E-state index in [-0.39, 0.29) is 0 Å². The van der Waals surface area contributed by atoms with Crippen molar-refractivity contribution in [3.63, 3.8) is 0 Å². The standard InChI is InChI=1S/C10H16/c1-4-6-7-8-9-10(3)5-2/h8-10H,4-5H2,1-3H3/b9-8-. The molecule has 0 aromatic carbocycles. The molecule has 0 fully saturated rings. The molecule has 0 radical (unpaired) electrons. The van der Waals surface area contributed by atoms with Crippen molar-refractivity contribution in [2.75, 3.05) is 0 Å². The van der Waals surface area contributed by atoms with Gasteiger partial charge in [-0.25, -0.2) is 0 Å². The quantitative estimate of drug-likeness (QED) is 0.512.